The molecule has 3 N–H and O–H groups in total. The van der Waals surface area contributed by atoms with E-state index in [1.165, 1.54) is 48.5 Å². The normalized spacial score (nSPS) is 11.5. The first-order valence-electron chi connectivity index (χ1n) is 7.28. The van der Waals surface area contributed by atoms with Crippen molar-refractivity contribution in [2.45, 2.75) is 11.5 Å². The second-order valence-corrected chi connectivity index (χ2v) is 6.92. The van der Waals surface area contributed by atoms with E-state index in [0.29, 0.717) is 22.4 Å². The van der Waals surface area contributed by atoms with Crippen LogP contribution in [0.3, 0.4) is 0 Å². The number of hydrogen-bond acceptors (Lipinski definition) is 7. The third-order valence-corrected chi connectivity index (χ3v) is 4.66. The maximum absolute atomic E-state index is 11.4. The summed E-state index contributed by atoms with van der Waals surface area (Å²) < 4.78 is 27.9. The molecule has 3 aromatic rings. The topological polar surface area (TPSA) is 150 Å². The summed E-state index contributed by atoms with van der Waals surface area (Å²) in [7, 11) is -3.83. The lowest BCUT2D eigenvalue weighted by atomic mass is 9.99. The Labute approximate surface area is 147 Å². The van der Waals surface area contributed by atoms with Crippen molar-refractivity contribution in [1.82, 2.24) is 5.16 Å². The number of nitro benzene ring substituents is 1. The van der Waals surface area contributed by atoms with Crippen molar-refractivity contribution in [2.75, 3.05) is 0 Å². The first kappa shape index (κ1) is 17.7. The largest absolute Gasteiger partial charge is 0.388 e. The third kappa shape index (κ3) is 3.33. The highest BCUT2D eigenvalue weighted by atomic mass is 32.2. The van der Waals surface area contributed by atoms with E-state index in [1.54, 1.807) is 0 Å². The molecule has 134 valence electrons. The lowest BCUT2D eigenvalue weighted by Gasteiger charge is -2.05. The van der Waals surface area contributed by atoms with Gasteiger partial charge in [-0.1, -0.05) is 17.3 Å². The number of nitro groups is 1. The van der Waals surface area contributed by atoms with Crippen molar-refractivity contribution < 1.29 is 23.0 Å². The summed E-state index contributed by atoms with van der Waals surface area (Å²) in [4.78, 5) is 10.2. The molecular formula is C16H13N3O6S. The summed E-state index contributed by atoms with van der Waals surface area (Å²) in [5, 5.41) is 29.3. The van der Waals surface area contributed by atoms with E-state index in [0.717, 1.165) is 0 Å². The van der Waals surface area contributed by atoms with Gasteiger partial charge in [-0.05, 0) is 29.8 Å². The SMILES string of the molecule is NS(=O)(=O)c1ccc(-c2c(-c3ccc([N+](=O)[O-])cc3)noc2CO)cc1. The molecule has 1 aromatic heterocycles. The monoisotopic (exact) mass is 375 g/mol. The van der Waals surface area contributed by atoms with Gasteiger partial charge in [-0.15, -0.1) is 0 Å². The molecule has 0 aliphatic carbocycles. The molecule has 0 atom stereocenters. The zero-order chi connectivity index (χ0) is 18.9. The summed E-state index contributed by atoms with van der Waals surface area (Å²) in [6, 6.07) is 11.4. The molecule has 0 radical (unpaired) electrons. The highest BCUT2D eigenvalue weighted by Gasteiger charge is 2.20. The Morgan fingerprint density at radius 1 is 1.08 bits per heavy atom. The third-order valence-electron chi connectivity index (χ3n) is 3.73. The van der Waals surface area contributed by atoms with Crippen LogP contribution < -0.4 is 5.14 Å². The summed E-state index contributed by atoms with van der Waals surface area (Å²) in [6.45, 7) is -0.424. The predicted molar refractivity (Wildman–Crippen MR) is 91.3 cm³/mol. The Morgan fingerprint density at radius 3 is 2.15 bits per heavy atom. The van der Waals surface area contributed by atoms with Crippen LogP contribution >= 0.6 is 0 Å². The fourth-order valence-electron chi connectivity index (χ4n) is 2.48. The lowest BCUT2D eigenvalue weighted by molar-refractivity contribution is -0.384. The molecule has 0 aliphatic rings. The van der Waals surface area contributed by atoms with E-state index in [2.05, 4.69) is 5.16 Å². The minimum atomic E-state index is -3.83. The number of nitrogens with zero attached hydrogens (tertiary/aromatic N) is 2. The molecule has 0 saturated heterocycles. The average Bonchev–Trinajstić information content (AvgIpc) is 3.05. The number of aliphatic hydroxyl groups excluding tert-OH is 1. The fourth-order valence-corrected chi connectivity index (χ4v) is 2.99. The van der Waals surface area contributed by atoms with E-state index in [1.807, 2.05) is 0 Å². The van der Waals surface area contributed by atoms with Crippen molar-refractivity contribution >= 4 is 15.7 Å². The second-order valence-electron chi connectivity index (χ2n) is 5.36. The molecule has 0 bridgehead atoms. The molecule has 0 amide bonds. The molecule has 0 aliphatic heterocycles. The van der Waals surface area contributed by atoms with Gasteiger partial charge in [0.25, 0.3) is 5.69 Å². The molecule has 9 nitrogen and oxygen atoms in total. The molecule has 10 heteroatoms. The summed E-state index contributed by atoms with van der Waals surface area (Å²) in [5.74, 6) is 0.182. The summed E-state index contributed by atoms with van der Waals surface area (Å²) >= 11 is 0. The quantitative estimate of drug-likeness (QED) is 0.512. The number of aromatic nitrogens is 1. The minimum Gasteiger partial charge on any atom is -0.388 e. The molecule has 0 fully saturated rings. The van der Waals surface area contributed by atoms with Crippen LogP contribution in [0.25, 0.3) is 22.4 Å². The van der Waals surface area contributed by atoms with Crippen molar-refractivity contribution in [3.8, 4) is 22.4 Å². The molecular weight excluding hydrogens is 362 g/mol. The Morgan fingerprint density at radius 2 is 1.65 bits per heavy atom. The van der Waals surface area contributed by atoms with Crippen LogP contribution in [0.2, 0.25) is 0 Å². The highest BCUT2D eigenvalue weighted by Crippen LogP contribution is 2.35. The molecule has 26 heavy (non-hydrogen) atoms. The summed E-state index contributed by atoms with van der Waals surface area (Å²) in [6.07, 6.45) is 0. The predicted octanol–water partition coefficient (Wildman–Crippen LogP) is 2.06. The lowest BCUT2D eigenvalue weighted by Crippen LogP contribution is -2.11. The molecule has 0 unspecified atom stereocenters. The Hall–Kier alpha value is -3.08. The second kappa shape index (κ2) is 6.67. The summed E-state index contributed by atoms with van der Waals surface area (Å²) in [5.41, 5.74) is 1.86. The number of non-ortho nitro benzene ring substituents is 1. The van der Waals surface area contributed by atoms with Crippen LogP contribution in [0.1, 0.15) is 5.76 Å². The van der Waals surface area contributed by atoms with Crippen LogP contribution in [0.15, 0.2) is 57.9 Å². The van der Waals surface area contributed by atoms with Crippen molar-refractivity contribution in [2.24, 2.45) is 5.14 Å². The highest BCUT2D eigenvalue weighted by molar-refractivity contribution is 7.89. The van der Waals surface area contributed by atoms with E-state index in [-0.39, 0.29) is 16.3 Å². The average molecular weight is 375 g/mol. The Kier molecular flexibility index (Phi) is 4.55. The van der Waals surface area contributed by atoms with Crippen LogP contribution in [0.5, 0.6) is 0 Å². The van der Waals surface area contributed by atoms with Crippen LogP contribution in [-0.4, -0.2) is 23.6 Å². The van der Waals surface area contributed by atoms with E-state index in [4.69, 9.17) is 9.66 Å². The number of aliphatic hydroxyl groups is 1. The molecule has 0 spiro atoms. The number of hydrogen-bond donors (Lipinski definition) is 2. The number of primary sulfonamides is 1. The van der Waals surface area contributed by atoms with Crippen LogP contribution in [0, 0.1) is 10.1 Å². The van der Waals surface area contributed by atoms with Gasteiger partial charge in [0.05, 0.1) is 15.4 Å². The van der Waals surface area contributed by atoms with Gasteiger partial charge in [0, 0.05) is 17.7 Å². The van der Waals surface area contributed by atoms with E-state index in [9.17, 15) is 23.6 Å². The van der Waals surface area contributed by atoms with Crippen LogP contribution in [0.4, 0.5) is 5.69 Å². The smallest absolute Gasteiger partial charge is 0.269 e. The van der Waals surface area contributed by atoms with Gasteiger partial charge < -0.3 is 9.63 Å². The zero-order valence-corrected chi connectivity index (χ0v) is 14.0. The van der Waals surface area contributed by atoms with Crippen LogP contribution in [-0.2, 0) is 16.6 Å². The molecule has 0 saturated carbocycles. The van der Waals surface area contributed by atoms with E-state index < -0.39 is 21.6 Å². The standard InChI is InChI=1S/C16H13N3O6S/c17-26(23,24)13-7-3-10(4-8-13)15-14(9-20)25-18-16(15)11-1-5-12(6-2-11)19(21)22/h1-8,20H,9H2,(H2,17,23,24). The molecule has 2 aromatic carbocycles. The number of nitrogens with two attached hydrogens (primary N) is 1. The first-order valence-corrected chi connectivity index (χ1v) is 8.83. The van der Waals surface area contributed by atoms with Gasteiger partial charge in [-0.25, -0.2) is 13.6 Å². The van der Waals surface area contributed by atoms with E-state index >= 15 is 0 Å². The van der Waals surface area contributed by atoms with Gasteiger partial charge in [0.2, 0.25) is 10.0 Å². The maximum atomic E-state index is 11.4. The van der Waals surface area contributed by atoms with Gasteiger partial charge >= 0.3 is 0 Å². The minimum absolute atomic E-state index is 0.0554. The van der Waals surface area contributed by atoms with Gasteiger partial charge in [-0.3, -0.25) is 10.1 Å². The Balaban J connectivity index is 2.10. The maximum Gasteiger partial charge on any atom is 0.269 e. The van der Waals surface area contributed by atoms with Crippen molar-refractivity contribution in [1.29, 1.82) is 0 Å². The number of sulfonamides is 1. The van der Waals surface area contributed by atoms with Crippen molar-refractivity contribution in [3.05, 3.63) is 64.4 Å². The number of rotatable bonds is 5. The molecule has 1 heterocycles. The molecule has 3 rings (SSSR count). The Bertz CT molecular complexity index is 1060. The van der Waals surface area contributed by atoms with Crippen molar-refractivity contribution in [3.63, 3.8) is 0 Å². The van der Waals surface area contributed by atoms with Gasteiger partial charge in [0.15, 0.2) is 5.76 Å². The zero-order valence-electron chi connectivity index (χ0n) is 13.2. The van der Waals surface area contributed by atoms with Gasteiger partial charge in [-0.2, -0.15) is 0 Å². The first-order chi connectivity index (χ1) is 12.3. The fraction of sp³-hybridized carbons (Fsp3) is 0.0625. The van der Waals surface area contributed by atoms with Gasteiger partial charge in [0.1, 0.15) is 12.3 Å². The number of benzene rings is 2.